The molecule has 0 bridgehead atoms. The number of benzene rings is 1. The molecule has 2 rings (SSSR count). The summed E-state index contributed by atoms with van der Waals surface area (Å²) >= 11 is 3.59. The van der Waals surface area contributed by atoms with E-state index < -0.39 is 0 Å². The Labute approximate surface area is 141 Å². The summed E-state index contributed by atoms with van der Waals surface area (Å²) in [5.41, 5.74) is 1.36. The quantitative estimate of drug-likeness (QED) is 0.328. The predicted octanol–water partition coefficient (Wildman–Crippen LogP) is 5.80. The zero-order valence-corrected chi connectivity index (χ0v) is 15.1. The second-order valence-corrected chi connectivity index (χ2v) is 7.56. The summed E-state index contributed by atoms with van der Waals surface area (Å²) < 4.78 is 12.8. The monoisotopic (exact) mass is 336 g/mol. The smallest absolute Gasteiger partial charge is 0.197 e. The number of thioether (sulfide) groups is 1. The maximum absolute atomic E-state index is 5.79. The van der Waals surface area contributed by atoms with Gasteiger partial charge in [-0.2, -0.15) is 0 Å². The average molecular weight is 337 g/mol. The Hall–Kier alpha value is -0.970. The molecule has 1 aromatic carbocycles. The lowest BCUT2D eigenvalue weighted by atomic mass is 9.99. The van der Waals surface area contributed by atoms with Crippen molar-refractivity contribution in [2.75, 3.05) is 12.4 Å². The van der Waals surface area contributed by atoms with E-state index in [1.54, 1.807) is 11.3 Å². The van der Waals surface area contributed by atoms with Crippen molar-refractivity contribution in [2.24, 2.45) is 0 Å². The van der Waals surface area contributed by atoms with Crippen LogP contribution in [0.2, 0.25) is 0 Å². The molecule has 0 amide bonds. The number of ether oxygens (including phenoxy) is 2. The van der Waals surface area contributed by atoms with Crippen LogP contribution in [0.25, 0.3) is 0 Å². The number of hydrogen-bond acceptors (Lipinski definition) is 4. The van der Waals surface area contributed by atoms with Crippen molar-refractivity contribution in [1.82, 2.24) is 0 Å². The van der Waals surface area contributed by atoms with Gasteiger partial charge in [-0.05, 0) is 48.4 Å². The Morgan fingerprint density at radius 3 is 2.55 bits per heavy atom. The second kappa shape index (κ2) is 9.23. The summed E-state index contributed by atoms with van der Waals surface area (Å²) in [6, 6.07) is 12.5. The zero-order valence-electron chi connectivity index (χ0n) is 13.5. The van der Waals surface area contributed by atoms with Crippen LogP contribution in [0, 0.1) is 0 Å². The molecule has 0 saturated carbocycles. The van der Waals surface area contributed by atoms with Gasteiger partial charge in [-0.3, -0.25) is 0 Å². The number of thiophene rings is 1. The molecule has 0 aliphatic carbocycles. The summed E-state index contributed by atoms with van der Waals surface area (Å²) in [4.78, 5) is 0. The molecule has 120 valence electrons. The van der Waals surface area contributed by atoms with Crippen molar-refractivity contribution < 1.29 is 9.47 Å². The largest absolute Gasteiger partial charge is 0.465 e. The summed E-state index contributed by atoms with van der Waals surface area (Å²) in [6.07, 6.45) is 0.931. The van der Waals surface area contributed by atoms with E-state index in [4.69, 9.17) is 9.47 Å². The molecule has 2 atom stereocenters. The molecule has 0 saturated heterocycles. The predicted molar refractivity (Wildman–Crippen MR) is 96.2 cm³/mol. The number of rotatable bonds is 9. The van der Waals surface area contributed by atoms with Gasteiger partial charge in [-0.15, -0.1) is 23.1 Å². The van der Waals surface area contributed by atoms with Crippen molar-refractivity contribution in [2.45, 2.75) is 43.6 Å². The van der Waals surface area contributed by atoms with E-state index in [9.17, 15) is 0 Å². The molecule has 2 unspecified atom stereocenters. The van der Waals surface area contributed by atoms with E-state index in [0.717, 1.165) is 17.9 Å². The van der Waals surface area contributed by atoms with Gasteiger partial charge in [0.15, 0.2) is 6.29 Å². The molecule has 0 N–H and O–H groups in total. The van der Waals surface area contributed by atoms with E-state index in [1.807, 2.05) is 30.8 Å². The van der Waals surface area contributed by atoms with Gasteiger partial charge >= 0.3 is 0 Å². The molecular weight excluding hydrogens is 312 g/mol. The van der Waals surface area contributed by atoms with Gasteiger partial charge < -0.3 is 9.47 Å². The SMILES string of the molecule is CCC(C)c1ccc(OC(C)OCCSc2cccs2)cc1. The molecule has 2 nitrogen and oxygen atoms in total. The lowest BCUT2D eigenvalue weighted by Crippen LogP contribution is -2.17. The van der Waals surface area contributed by atoms with E-state index in [2.05, 4.69) is 43.5 Å². The van der Waals surface area contributed by atoms with Crippen molar-refractivity contribution in [3.63, 3.8) is 0 Å². The van der Waals surface area contributed by atoms with Crippen LogP contribution in [-0.2, 0) is 4.74 Å². The van der Waals surface area contributed by atoms with Crippen LogP contribution in [-0.4, -0.2) is 18.6 Å². The molecule has 2 aromatic rings. The lowest BCUT2D eigenvalue weighted by molar-refractivity contribution is -0.0602. The van der Waals surface area contributed by atoms with Crippen molar-refractivity contribution in [3.05, 3.63) is 47.3 Å². The third-order valence-corrected chi connectivity index (χ3v) is 5.63. The summed E-state index contributed by atoms with van der Waals surface area (Å²) in [5.74, 6) is 2.41. The molecule has 0 fully saturated rings. The zero-order chi connectivity index (χ0) is 15.8. The molecule has 4 heteroatoms. The average Bonchev–Trinajstić information content (AvgIpc) is 3.05. The first-order chi connectivity index (χ1) is 10.7. The Balaban J connectivity index is 1.68. The minimum atomic E-state index is -0.224. The van der Waals surface area contributed by atoms with Crippen LogP contribution in [0.1, 0.15) is 38.7 Å². The van der Waals surface area contributed by atoms with Crippen molar-refractivity contribution in [1.29, 1.82) is 0 Å². The highest BCUT2D eigenvalue weighted by Crippen LogP contribution is 2.24. The maximum atomic E-state index is 5.79. The van der Waals surface area contributed by atoms with Gasteiger partial charge in [0.25, 0.3) is 0 Å². The molecular formula is C18H24O2S2. The first kappa shape index (κ1) is 17.4. The maximum Gasteiger partial charge on any atom is 0.197 e. The summed E-state index contributed by atoms with van der Waals surface area (Å²) in [5, 5.41) is 2.10. The van der Waals surface area contributed by atoms with Crippen LogP contribution in [0.3, 0.4) is 0 Å². The Bertz CT molecular complexity index is 523. The molecule has 1 heterocycles. The molecule has 0 aliphatic heterocycles. The second-order valence-electron chi connectivity index (χ2n) is 5.22. The molecule has 0 aliphatic rings. The highest BCUT2D eigenvalue weighted by molar-refractivity contribution is 8.01. The van der Waals surface area contributed by atoms with Crippen LogP contribution >= 0.6 is 23.1 Å². The third-order valence-electron chi connectivity index (χ3n) is 3.54. The molecule has 22 heavy (non-hydrogen) atoms. The molecule has 1 aromatic heterocycles. The number of hydrogen-bond donors (Lipinski definition) is 0. The third kappa shape index (κ3) is 5.67. The first-order valence-electron chi connectivity index (χ1n) is 7.73. The summed E-state index contributed by atoms with van der Waals surface area (Å²) in [6.45, 7) is 7.08. The van der Waals surface area contributed by atoms with Crippen LogP contribution in [0.15, 0.2) is 46.0 Å². The van der Waals surface area contributed by atoms with Crippen LogP contribution in [0.5, 0.6) is 5.75 Å². The minimum absolute atomic E-state index is 0.224. The van der Waals surface area contributed by atoms with Gasteiger partial charge in [0.05, 0.1) is 10.8 Å². The van der Waals surface area contributed by atoms with E-state index in [0.29, 0.717) is 12.5 Å². The molecule has 0 spiro atoms. The Kier molecular flexibility index (Phi) is 7.30. The fraction of sp³-hybridized carbons (Fsp3) is 0.444. The molecule has 0 radical (unpaired) electrons. The van der Waals surface area contributed by atoms with Crippen LogP contribution < -0.4 is 4.74 Å². The lowest BCUT2D eigenvalue weighted by Gasteiger charge is -2.16. The first-order valence-corrected chi connectivity index (χ1v) is 9.60. The van der Waals surface area contributed by atoms with E-state index in [-0.39, 0.29) is 6.29 Å². The topological polar surface area (TPSA) is 18.5 Å². The normalized spacial score (nSPS) is 13.8. The highest BCUT2D eigenvalue weighted by Gasteiger charge is 2.06. The highest BCUT2D eigenvalue weighted by atomic mass is 32.2. The summed E-state index contributed by atoms with van der Waals surface area (Å²) in [7, 11) is 0. The standard InChI is InChI=1S/C18H24O2S2/c1-4-14(2)16-7-9-17(10-8-16)20-15(3)19-11-13-22-18-6-5-12-21-18/h5-10,12,14-15H,4,11,13H2,1-3H3. The Morgan fingerprint density at radius 2 is 1.91 bits per heavy atom. The van der Waals surface area contributed by atoms with E-state index >= 15 is 0 Å². The van der Waals surface area contributed by atoms with E-state index in [1.165, 1.54) is 9.77 Å². The van der Waals surface area contributed by atoms with Crippen molar-refractivity contribution >= 4 is 23.1 Å². The van der Waals surface area contributed by atoms with Gasteiger partial charge in [0.2, 0.25) is 0 Å². The van der Waals surface area contributed by atoms with Gasteiger partial charge in [-0.1, -0.05) is 32.0 Å². The van der Waals surface area contributed by atoms with Crippen LogP contribution in [0.4, 0.5) is 0 Å². The fourth-order valence-corrected chi connectivity index (χ4v) is 3.73. The van der Waals surface area contributed by atoms with Gasteiger partial charge in [0.1, 0.15) is 5.75 Å². The van der Waals surface area contributed by atoms with Crippen molar-refractivity contribution in [3.8, 4) is 5.75 Å². The Morgan fingerprint density at radius 1 is 1.14 bits per heavy atom. The minimum Gasteiger partial charge on any atom is -0.465 e. The van der Waals surface area contributed by atoms with Gasteiger partial charge in [0, 0.05) is 5.75 Å². The fourth-order valence-electron chi connectivity index (χ4n) is 2.04. The van der Waals surface area contributed by atoms with Gasteiger partial charge in [-0.25, -0.2) is 0 Å².